The van der Waals surface area contributed by atoms with Gasteiger partial charge in [0.2, 0.25) is 0 Å². The fraction of sp³-hybridized carbons (Fsp3) is 0. The second-order valence-corrected chi connectivity index (χ2v) is 11.1. The van der Waals surface area contributed by atoms with Gasteiger partial charge >= 0.3 is 0 Å². The van der Waals surface area contributed by atoms with Crippen LogP contribution in [-0.2, 0) is 0 Å². The minimum absolute atomic E-state index is 0.630. The molecule has 9 aromatic rings. The number of hydrogen-bond acceptors (Lipinski definition) is 5. The fourth-order valence-corrected chi connectivity index (χ4v) is 6.21. The topological polar surface area (TPSA) is 64.7 Å². The maximum absolute atomic E-state index is 6.35. The standard InChI is InChI=1S/C40H24N4O/c1-3-12-25(13-4-1)38-42-39(26-14-5-2-6-15-26)44-40(43-38)32-23-22-30(28-17-8-9-18-29(28)32)31-19-11-21-34-36(31)37-35(45-34)24-27-16-7-10-20-33(27)41-37/h1-24H. The maximum Gasteiger partial charge on any atom is 0.164 e. The number of aromatic nitrogens is 4. The number of furan rings is 1. The molecule has 0 bridgehead atoms. The van der Waals surface area contributed by atoms with Crippen molar-refractivity contribution >= 4 is 43.7 Å². The van der Waals surface area contributed by atoms with Crippen molar-refractivity contribution in [3.8, 4) is 45.3 Å². The predicted molar refractivity (Wildman–Crippen MR) is 182 cm³/mol. The van der Waals surface area contributed by atoms with Gasteiger partial charge in [0.15, 0.2) is 23.1 Å². The van der Waals surface area contributed by atoms with Gasteiger partial charge in [-0.3, -0.25) is 0 Å². The number of benzene rings is 6. The third-order valence-electron chi connectivity index (χ3n) is 8.33. The Bertz CT molecular complexity index is 2480. The van der Waals surface area contributed by atoms with Gasteiger partial charge in [0, 0.05) is 22.1 Å². The van der Waals surface area contributed by atoms with Crippen molar-refractivity contribution in [2.24, 2.45) is 0 Å². The molecule has 0 spiro atoms. The minimum atomic E-state index is 0.630. The Labute approximate surface area is 258 Å². The molecule has 5 nitrogen and oxygen atoms in total. The lowest BCUT2D eigenvalue weighted by Gasteiger charge is -2.13. The van der Waals surface area contributed by atoms with E-state index in [0.29, 0.717) is 17.5 Å². The zero-order valence-corrected chi connectivity index (χ0v) is 24.1. The summed E-state index contributed by atoms with van der Waals surface area (Å²) >= 11 is 0. The quantitative estimate of drug-likeness (QED) is 0.209. The molecule has 0 saturated heterocycles. The Kier molecular flexibility index (Phi) is 5.74. The van der Waals surface area contributed by atoms with E-state index in [0.717, 1.165) is 71.6 Å². The molecule has 0 saturated carbocycles. The maximum atomic E-state index is 6.35. The second kappa shape index (κ2) is 10.2. The van der Waals surface area contributed by atoms with Gasteiger partial charge < -0.3 is 4.42 Å². The van der Waals surface area contributed by atoms with E-state index in [-0.39, 0.29) is 0 Å². The molecule has 45 heavy (non-hydrogen) atoms. The number of pyridine rings is 1. The molecule has 3 heterocycles. The number of nitrogens with zero attached hydrogens (tertiary/aromatic N) is 4. The first-order chi connectivity index (χ1) is 22.3. The number of fused-ring (bicyclic) bond motifs is 5. The van der Waals surface area contributed by atoms with Crippen molar-refractivity contribution in [3.05, 3.63) is 146 Å². The molecular formula is C40H24N4O. The molecule has 0 fully saturated rings. The molecule has 5 heteroatoms. The zero-order chi connectivity index (χ0) is 29.7. The third-order valence-corrected chi connectivity index (χ3v) is 8.33. The van der Waals surface area contributed by atoms with Crippen LogP contribution in [0.15, 0.2) is 150 Å². The summed E-state index contributed by atoms with van der Waals surface area (Å²) in [5.41, 5.74) is 8.40. The Morgan fingerprint density at radius 1 is 0.400 bits per heavy atom. The van der Waals surface area contributed by atoms with Crippen molar-refractivity contribution in [1.82, 2.24) is 19.9 Å². The number of hydrogen-bond donors (Lipinski definition) is 0. The van der Waals surface area contributed by atoms with Crippen LogP contribution in [-0.4, -0.2) is 19.9 Å². The first kappa shape index (κ1) is 25.3. The Balaban J connectivity index is 1.28. The molecule has 9 rings (SSSR count). The Morgan fingerprint density at radius 2 is 1.00 bits per heavy atom. The van der Waals surface area contributed by atoms with Crippen LogP contribution in [0.3, 0.4) is 0 Å². The van der Waals surface area contributed by atoms with Crippen molar-refractivity contribution in [3.63, 3.8) is 0 Å². The van der Waals surface area contributed by atoms with Crippen LogP contribution in [0, 0.1) is 0 Å². The highest BCUT2D eigenvalue weighted by Crippen LogP contribution is 2.41. The van der Waals surface area contributed by atoms with Crippen LogP contribution in [0.25, 0.3) is 89.0 Å². The van der Waals surface area contributed by atoms with E-state index >= 15 is 0 Å². The molecule has 3 aromatic heterocycles. The van der Waals surface area contributed by atoms with Gasteiger partial charge in [0.25, 0.3) is 0 Å². The molecule has 210 valence electrons. The summed E-state index contributed by atoms with van der Waals surface area (Å²) in [6, 6.07) is 49.3. The summed E-state index contributed by atoms with van der Waals surface area (Å²) in [5.74, 6) is 1.91. The molecule has 0 amide bonds. The molecule has 0 aliphatic heterocycles. The highest BCUT2D eigenvalue weighted by Gasteiger charge is 2.19. The number of para-hydroxylation sites is 1. The van der Waals surface area contributed by atoms with Gasteiger partial charge in [0.1, 0.15) is 11.1 Å². The molecule has 0 aliphatic carbocycles. The molecular weight excluding hydrogens is 552 g/mol. The molecule has 0 unspecified atom stereocenters. The summed E-state index contributed by atoms with van der Waals surface area (Å²) in [7, 11) is 0. The van der Waals surface area contributed by atoms with Crippen LogP contribution < -0.4 is 0 Å². The number of rotatable bonds is 4. The molecule has 0 atom stereocenters. The van der Waals surface area contributed by atoms with E-state index in [4.69, 9.17) is 24.4 Å². The largest absolute Gasteiger partial charge is 0.454 e. The third kappa shape index (κ3) is 4.25. The van der Waals surface area contributed by atoms with E-state index in [2.05, 4.69) is 54.6 Å². The summed E-state index contributed by atoms with van der Waals surface area (Å²) < 4.78 is 6.35. The minimum Gasteiger partial charge on any atom is -0.454 e. The monoisotopic (exact) mass is 576 g/mol. The summed E-state index contributed by atoms with van der Waals surface area (Å²) in [5, 5.41) is 4.22. The van der Waals surface area contributed by atoms with E-state index in [1.807, 2.05) is 91.0 Å². The first-order valence-corrected chi connectivity index (χ1v) is 14.9. The summed E-state index contributed by atoms with van der Waals surface area (Å²) in [6.07, 6.45) is 0. The van der Waals surface area contributed by atoms with E-state index in [9.17, 15) is 0 Å². The normalized spacial score (nSPS) is 11.6. The van der Waals surface area contributed by atoms with Crippen molar-refractivity contribution in [1.29, 1.82) is 0 Å². The highest BCUT2D eigenvalue weighted by atomic mass is 16.3. The fourth-order valence-electron chi connectivity index (χ4n) is 6.21. The van der Waals surface area contributed by atoms with E-state index in [1.54, 1.807) is 0 Å². The van der Waals surface area contributed by atoms with Crippen molar-refractivity contribution in [2.45, 2.75) is 0 Å². The van der Waals surface area contributed by atoms with Crippen molar-refractivity contribution in [2.75, 3.05) is 0 Å². The van der Waals surface area contributed by atoms with Gasteiger partial charge in [-0.2, -0.15) is 0 Å². The van der Waals surface area contributed by atoms with E-state index in [1.165, 1.54) is 0 Å². The van der Waals surface area contributed by atoms with Gasteiger partial charge in [-0.05, 0) is 46.2 Å². The molecule has 6 aromatic carbocycles. The SMILES string of the molecule is c1ccc(-c2nc(-c3ccccc3)nc(-c3ccc(-c4cccc5oc6cc7ccccc7nc6c45)c4ccccc34)n2)cc1. The lowest BCUT2D eigenvalue weighted by atomic mass is 9.92. The van der Waals surface area contributed by atoms with Crippen LogP contribution >= 0.6 is 0 Å². The molecule has 0 radical (unpaired) electrons. The highest BCUT2D eigenvalue weighted by molar-refractivity contribution is 6.16. The van der Waals surface area contributed by atoms with Crippen LogP contribution in [0.5, 0.6) is 0 Å². The summed E-state index contributed by atoms with van der Waals surface area (Å²) in [4.78, 5) is 20.0. The van der Waals surface area contributed by atoms with Gasteiger partial charge in [-0.1, -0.05) is 121 Å². The van der Waals surface area contributed by atoms with Crippen molar-refractivity contribution < 1.29 is 4.42 Å². The smallest absolute Gasteiger partial charge is 0.164 e. The Hall–Kier alpha value is -6.20. The van der Waals surface area contributed by atoms with Gasteiger partial charge in [0.05, 0.1) is 10.9 Å². The van der Waals surface area contributed by atoms with E-state index < -0.39 is 0 Å². The van der Waals surface area contributed by atoms with Crippen LogP contribution in [0.2, 0.25) is 0 Å². The van der Waals surface area contributed by atoms with Gasteiger partial charge in [-0.25, -0.2) is 19.9 Å². The lowest BCUT2D eigenvalue weighted by Crippen LogP contribution is -2.00. The molecule has 0 aliphatic rings. The van der Waals surface area contributed by atoms with Crippen LogP contribution in [0.4, 0.5) is 0 Å². The average Bonchev–Trinajstić information content (AvgIpc) is 3.48. The average molecular weight is 577 g/mol. The predicted octanol–water partition coefficient (Wildman–Crippen LogP) is 10.1. The van der Waals surface area contributed by atoms with Gasteiger partial charge in [-0.15, -0.1) is 0 Å². The Morgan fingerprint density at radius 3 is 1.73 bits per heavy atom. The molecule has 0 N–H and O–H groups in total. The first-order valence-electron chi connectivity index (χ1n) is 14.9. The lowest BCUT2D eigenvalue weighted by molar-refractivity contribution is 0.669. The zero-order valence-electron chi connectivity index (χ0n) is 24.1. The summed E-state index contributed by atoms with van der Waals surface area (Å²) in [6.45, 7) is 0. The second-order valence-electron chi connectivity index (χ2n) is 11.1. The van der Waals surface area contributed by atoms with Crippen LogP contribution in [0.1, 0.15) is 0 Å².